The fraction of sp³-hybridized carbons (Fsp3) is 0.250. The number of halogens is 3. The Morgan fingerprint density at radius 1 is 1.05 bits per heavy atom. The highest BCUT2D eigenvalue weighted by Gasteiger charge is 2.20. The van der Waals surface area contributed by atoms with Crippen LogP contribution in [-0.4, -0.2) is 6.04 Å². The Bertz CT molecular complexity index is 659. The molecule has 0 saturated heterocycles. The molecule has 0 atom stereocenters. The molecule has 2 aromatic carbocycles. The molecule has 2 aromatic rings. The highest BCUT2D eigenvalue weighted by atomic mass is 79.9. The molecule has 1 nitrogen and oxygen atoms in total. The molecule has 1 fully saturated rings. The molecule has 3 rings (SSSR count). The lowest BCUT2D eigenvalue weighted by Gasteiger charge is -2.09. The quantitative estimate of drug-likeness (QED) is 0.642. The van der Waals surface area contributed by atoms with Gasteiger partial charge in [0.1, 0.15) is 0 Å². The van der Waals surface area contributed by atoms with Crippen molar-refractivity contribution in [3.05, 3.63) is 56.5 Å². The van der Waals surface area contributed by atoms with Gasteiger partial charge in [-0.2, -0.15) is 0 Å². The topological polar surface area (TPSA) is 12.0 Å². The van der Waals surface area contributed by atoms with Crippen LogP contribution in [0.5, 0.6) is 0 Å². The second kappa shape index (κ2) is 6.93. The maximum Gasteiger partial charge on any atom is 0.0603 e. The maximum absolute atomic E-state index is 6.05. The van der Waals surface area contributed by atoms with Gasteiger partial charge in [-0.05, 0) is 48.7 Å². The lowest BCUT2D eigenvalue weighted by Crippen LogP contribution is -2.15. The van der Waals surface area contributed by atoms with Crippen molar-refractivity contribution >= 4 is 50.9 Å². The van der Waals surface area contributed by atoms with Crippen molar-refractivity contribution in [3.63, 3.8) is 0 Å². The molecular formula is C16H14BrCl2NS. The van der Waals surface area contributed by atoms with Crippen LogP contribution < -0.4 is 5.32 Å². The van der Waals surface area contributed by atoms with Crippen LogP contribution in [-0.2, 0) is 6.54 Å². The van der Waals surface area contributed by atoms with Crippen molar-refractivity contribution in [1.82, 2.24) is 5.32 Å². The highest BCUT2D eigenvalue weighted by molar-refractivity contribution is 9.10. The second-order valence-electron chi connectivity index (χ2n) is 5.09. The Kier molecular flexibility index (Phi) is 5.18. The van der Waals surface area contributed by atoms with E-state index >= 15 is 0 Å². The molecule has 1 aliphatic carbocycles. The number of hydrogen-bond acceptors (Lipinski definition) is 2. The van der Waals surface area contributed by atoms with E-state index < -0.39 is 0 Å². The smallest absolute Gasteiger partial charge is 0.0603 e. The average molecular weight is 403 g/mol. The minimum Gasteiger partial charge on any atom is -0.310 e. The molecule has 1 aliphatic rings. The summed E-state index contributed by atoms with van der Waals surface area (Å²) in [4.78, 5) is 2.26. The van der Waals surface area contributed by atoms with Gasteiger partial charge in [0.25, 0.3) is 0 Å². The summed E-state index contributed by atoms with van der Waals surface area (Å²) in [6.45, 7) is 0.920. The molecule has 0 aromatic heterocycles. The highest BCUT2D eigenvalue weighted by Crippen LogP contribution is 2.34. The van der Waals surface area contributed by atoms with Gasteiger partial charge in [-0.15, -0.1) is 0 Å². The van der Waals surface area contributed by atoms with Crippen LogP contribution in [0.4, 0.5) is 0 Å². The van der Waals surface area contributed by atoms with E-state index in [-0.39, 0.29) is 0 Å². The molecule has 21 heavy (non-hydrogen) atoms. The molecule has 0 aliphatic heterocycles. The van der Waals surface area contributed by atoms with Crippen LogP contribution in [0.25, 0.3) is 0 Å². The van der Waals surface area contributed by atoms with Crippen LogP contribution in [0.1, 0.15) is 18.4 Å². The van der Waals surface area contributed by atoms with Crippen molar-refractivity contribution in [2.45, 2.75) is 35.2 Å². The predicted octanol–water partition coefficient (Wildman–Crippen LogP) is 6.16. The summed E-state index contributed by atoms with van der Waals surface area (Å²) in [5.74, 6) is 0. The summed E-state index contributed by atoms with van der Waals surface area (Å²) in [6.07, 6.45) is 2.62. The van der Waals surface area contributed by atoms with Gasteiger partial charge in [-0.3, -0.25) is 0 Å². The fourth-order valence-electron chi connectivity index (χ4n) is 1.95. The van der Waals surface area contributed by atoms with E-state index in [1.807, 2.05) is 18.2 Å². The molecule has 110 valence electrons. The van der Waals surface area contributed by atoms with Crippen LogP contribution in [0, 0.1) is 0 Å². The largest absolute Gasteiger partial charge is 0.310 e. The van der Waals surface area contributed by atoms with Crippen LogP contribution in [0.15, 0.2) is 50.7 Å². The van der Waals surface area contributed by atoms with Crippen molar-refractivity contribution < 1.29 is 0 Å². The summed E-state index contributed by atoms with van der Waals surface area (Å²) >= 11 is 17.3. The first kappa shape index (κ1) is 15.7. The Hall–Kier alpha value is -0.190. The molecule has 1 N–H and O–H groups in total. The van der Waals surface area contributed by atoms with Gasteiger partial charge in [-0.25, -0.2) is 0 Å². The standard InChI is InChI=1S/C16H14BrCl2NS/c17-14-7-12(4-1-10(14)9-20-11-2-3-11)21-13-5-6-15(18)16(19)8-13/h1,4-8,11,20H,2-3,9H2. The van der Waals surface area contributed by atoms with Crippen LogP contribution in [0.2, 0.25) is 10.0 Å². The second-order valence-corrected chi connectivity index (χ2v) is 7.90. The number of rotatable bonds is 5. The minimum absolute atomic E-state index is 0.587. The van der Waals surface area contributed by atoms with Crippen molar-refractivity contribution in [2.75, 3.05) is 0 Å². The van der Waals surface area contributed by atoms with Gasteiger partial charge in [0.05, 0.1) is 10.0 Å². The molecule has 1 saturated carbocycles. The molecule has 0 spiro atoms. The van der Waals surface area contributed by atoms with Crippen LogP contribution in [0.3, 0.4) is 0 Å². The van der Waals surface area contributed by atoms with E-state index in [1.54, 1.807) is 11.8 Å². The van der Waals surface area contributed by atoms with Crippen molar-refractivity contribution in [2.24, 2.45) is 0 Å². The van der Waals surface area contributed by atoms with Gasteiger partial charge in [0.15, 0.2) is 0 Å². The maximum atomic E-state index is 6.05. The Morgan fingerprint density at radius 2 is 1.76 bits per heavy atom. The lowest BCUT2D eigenvalue weighted by atomic mass is 10.2. The molecule has 0 amide bonds. The van der Waals surface area contributed by atoms with Gasteiger partial charge in [-0.1, -0.05) is 57.0 Å². The third-order valence-corrected chi connectivity index (χ3v) is 5.77. The zero-order valence-corrected chi connectivity index (χ0v) is 15.1. The number of hydrogen-bond donors (Lipinski definition) is 1. The van der Waals surface area contributed by atoms with E-state index in [9.17, 15) is 0 Å². The third kappa shape index (κ3) is 4.40. The number of nitrogens with one attached hydrogen (secondary N) is 1. The minimum atomic E-state index is 0.587. The summed E-state index contributed by atoms with van der Waals surface area (Å²) in [6, 6.07) is 12.9. The predicted molar refractivity (Wildman–Crippen MR) is 94.6 cm³/mol. The van der Waals surface area contributed by atoms with E-state index in [2.05, 4.69) is 39.4 Å². The Morgan fingerprint density at radius 3 is 2.43 bits per heavy atom. The zero-order chi connectivity index (χ0) is 14.8. The van der Waals surface area contributed by atoms with E-state index in [1.165, 1.54) is 23.3 Å². The van der Waals surface area contributed by atoms with Gasteiger partial charge in [0, 0.05) is 26.9 Å². The molecule has 5 heteroatoms. The Balaban J connectivity index is 1.70. The van der Waals surface area contributed by atoms with Gasteiger partial charge >= 0.3 is 0 Å². The summed E-state index contributed by atoms with van der Waals surface area (Å²) < 4.78 is 1.14. The molecule has 0 unspecified atom stereocenters. The first-order valence-corrected chi connectivity index (χ1v) is 9.13. The number of benzene rings is 2. The first-order chi connectivity index (χ1) is 10.1. The third-order valence-electron chi connectivity index (χ3n) is 3.31. The normalized spacial score (nSPS) is 14.4. The lowest BCUT2D eigenvalue weighted by molar-refractivity contribution is 0.685. The fourth-order valence-corrected chi connectivity index (χ4v) is 3.88. The zero-order valence-electron chi connectivity index (χ0n) is 11.2. The van der Waals surface area contributed by atoms with Crippen LogP contribution >= 0.6 is 50.9 Å². The van der Waals surface area contributed by atoms with E-state index in [0.29, 0.717) is 10.0 Å². The molecular weight excluding hydrogens is 389 g/mol. The SMILES string of the molecule is Clc1ccc(Sc2ccc(CNC3CC3)c(Br)c2)cc1Cl. The monoisotopic (exact) mass is 401 g/mol. The summed E-state index contributed by atoms with van der Waals surface area (Å²) in [5.41, 5.74) is 1.29. The first-order valence-electron chi connectivity index (χ1n) is 6.76. The summed E-state index contributed by atoms with van der Waals surface area (Å²) in [5, 5.41) is 4.70. The van der Waals surface area contributed by atoms with Crippen molar-refractivity contribution in [3.8, 4) is 0 Å². The molecule has 0 radical (unpaired) electrons. The van der Waals surface area contributed by atoms with E-state index in [0.717, 1.165) is 22.0 Å². The van der Waals surface area contributed by atoms with Crippen molar-refractivity contribution in [1.29, 1.82) is 0 Å². The average Bonchev–Trinajstić information content (AvgIpc) is 3.26. The van der Waals surface area contributed by atoms with Gasteiger partial charge < -0.3 is 5.32 Å². The van der Waals surface area contributed by atoms with E-state index in [4.69, 9.17) is 23.2 Å². The Labute approximate surface area is 147 Å². The summed E-state index contributed by atoms with van der Waals surface area (Å²) in [7, 11) is 0. The molecule has 0 heterocycles. The molecule has 0 bridgehead atoms. The van der Waals surface area contributed by atoms with Gasteiger partial charge in [0.2, 0.25) is 0 Å².